The average Bonchev–Trinajstić information content (AvgIpc) is 3.24. The molecule has 1 aliphatic rings. The van der Waals surface area contributed by atoms with Crippen LogP contribution in [-0.2, 0) is 19.0 Å². The topological polar surface area (TPSA) is 216 Å². The van der Waals surface area contributed by atoms with Gasteiger partial charge in [0.05, 0.1) is 19.5 Å². The monoisotopic (exact) mass is 494 g/mol. The number of carbonyl (C=O) groups excluding carboxylic acids is 1. The van der Waals surface area contributed by atoms with Gasteiger partial charge in [0.1, 0.15) is 23.8 Å². The zero-order valence-corrected chi connectivity index (χ0v) is 18.9. The van der Waals surface area contributed by atoms with Crippen molar-refractivity contribution in [2.24, 2.45) is 0 Å². The molecule has 0 spiro atoms. The Labute approximate surface area is 186 Å². The minimum Gasteiger partial charge on any atom is -0.461 e. The number of hydrogen-bond donors (Lipinski definition) is 6. The van der Waals surface area contributed by atoms with Crippen molar-refractivity contribution >= 4 is 42.7 Å². The second-order valence-electron chi connectivity index (χ2n) is 6.75. The Kier molecular flexibility index (Phi) is 7.85. The molecule has 7 N–H and O–H groups in total. The summed E-state index contributed by atoms with van der Waals surface area (Å²) in [7, 11) is -4.76. The summed E-state index contributed by atoms with van der Waals surface area (Å²) in [6.45, 7) is 2.76. The lowest BCUT2D eigenvalue weighted by atomic mass is 10.1. The highest BCUT2D eigenvalue weighted by Crippen LogP contribution is 2.51. The number of nitrogens with zero attached hydrogens (tertiary/aromatic N) is 4. The second kappa shape index (κ2) is 10.1. The van der Waals surface area contributed by atoms with Gasteiger partial charge in [-0.25, -0.2) is 19.7 Å². The summed E-state index contributed by atoms with van der Waals surface area (Å²) < 4.78 is 16.8. The number of ether oxygens (including phenoxy) is 3. The molecule has 0 aliphatic carbocycles. The number of esters is 1. The Morgan fingerprint density at radius 2 is 2.03 bits per heavy atom. The predicted molar refractivity (Wildman–Crippen MR) is 112 cm³/mol. The molecule has 2 aromatic rings. The van der Waals surface area contributed by atoms with Crippen molar-refractivity contribution in [1.29, 1.82) is 0 Å². The van der Waals surface area contributed by atoms with Crippen LogP contribution in [0.25, 0.3) is 11.2 Å². The largest absolute Gasteiger partial charge is 0.461 e. The number of aromatic nitrogens is 4. The number of fused-ring (bicyclic) bond motifs is 1. The number of carbonyl (C=O) groups is 1. The van der Waals surface area contributed by atoms with Crippen molar-refractivity contribution in [3.05, 3.63) is 6.33 Å². The van der Waals surface area contributed by atoms with E-state index in [-0.39, 0.29) is 23.6 Å². The minimum absolute atomic E-state index is 0.0843. The number of aliphatic hydroxyl groups excluding tert-OH is 2. The van der Waals surface area contributed by atoms with E-state index in [0.29, 0.717) is 10.9 Å². The van der Waals surface area contributed by atoms with Gasteiger partial charge in [0, 0.05) is 0 Å². The third-order valence-corrected chi connectivity index (χ3v) is 6.25. The maximum Gasteiger partial charge on any atom is 0.447 e. The van der Waals surface area contributed by atoms with Crippen LogP contribution in [0.3, 0.4) is 0 Å². The van der Waals surface area contributed by atoms with Crippen LogP contribution in [0.1, 0.15) is 20.1 Å². The lowest BCUT2D eigenvalue weighted by Crippen LogP contribution is -2.37. The summed E-state index contributed by atoms with van der Waals surface area (Å²) in [5, 5.41) is 21.3. The fourth-order valence-corrected chi connectivity index (χ4v) is 4.32. The molecule has 32 heavy (non-hydrogen) atoms. The van der Waals surface area contributed by atoms with E-state index in [0.717, 1.165) is 0 Å². The lowest BCUT2D eigenvalue weighted by Gasteiger charge is -2.19. The maximum absolute atomic E-state index is 11.9. The molecular formula is C16H25N5O9PS+. The van der Waals surface area contributed by atoms with Crippen LogP contribution in [-0.4, -0.2) is 93.5 Å². The van der Waals surface area contributed by atoms with Crippen molar-refractivity contribution in [2.75, 3.05) is 24.7 Å². The number of nitrogens with two attached hydrogens (primary N) is 1. The molecule has 0 bridgehead atoms. The van der Waals surface area contributed by atoms with Crippen molar-refractivity contribution in [3.63, 3.8) is 0 Å². The molecule has 14 nitrogen and oxygen atoms in total. The van der Waals surface area contributed by atoms with Crippen LogP contribution >= 0.6 is 19.7 Å². The van der Waals surface area contributed by atoms with Gasteiger partial charge in [0.15, 0.2) is 22.8 Å². The molecule has 0 unspecified atom stereocenters. The number of hydrogen-bond acceptors (Lipinski definition) is 14. The van der Waals surface area contributed by atoms with Crippen LogP contribution in [0.2, 0.25) is 0 Å². The quantitative estimate of drug-likeness (QED) is 0.104. The molecule has 3 heterocycles. The summed E-state index contributed by atoms with van der Waals surface area (Å²) in [6.07, 6.45) is -3.94. The highest BCUT2D eigenvalue weighted by atomic mass is 32.2. The van der Waals surface area contributed by atoms with E-state index >= 15 is 0 Å². The van der Waals surface area contributed by atoms with E-state index < -0.39 is 50.9 Å². The Hall–Kier alpha value is -1.68. The number of rotatable bonds is 9. The van der Waals surface area contributed by atoms with Gasteiger partial charge in [0.25, 0.3) is 0 Å². The molecule has 3 rings (SSSR count). The summed E-state index contributed by atoms with van der Waals surface area (Å²) in [4.78, 5) is 53.0. The Morgan fingerprint density at radius 1 is 1.31 bits per heavy atom. The van der Waals surface area contributed by atoms with Crippen LogP contribution in [0.15, 0.2) is 11.5 Å². The third kappa shape index (κ3) is 5.11. The molecule has 16 heteroatoms. The number of aliphatic hydroxyl groups is 2. The van der Waals surface area contributed by atoms with Crippen LogP contribution in [0, 0.1) is 0 Å². The van der Waals surface area contributed by atoms with Gasteiger partial charge in [-0.1, -0.05) is 18.7 Å². The first-order chi connectivity index (χ1) is 15.1. The van der Waals surface area contributed by atoms with Gasteiger partial charge in [-0.15, -0.1) is 0 Å². The third-order valence-electron chi connectivity index (χ3n) is 4.53. The van der Waals surface area contributed by atoms with Crippen LogP contribution in [0.4, 0.5) is 5.82 Å². The van der Waals surface area contributed by atoms with Gasteiger partial charge < -0.3 is 30.2 Å². The average molecular weight is 494 g/mol. The van der Waals surface area contributed by atoms with E-state index in [9.17, 15) is 29.7 Å². The first-order valence-electron chi connectivity index (χ1n) is 9.58. The predicted octanol–water partition coefficient (Wildman–Crippen LogP) is -1.21. The summed E-state index contributed by atoms with van der Waals surface area (Å²) >= 11 is 1.35. The summed E-state index contributed by atoms with van der Waals surface area (Å²) in [5.41, 5.74) is 6.50. The number of nitrogen functional groups attached to an aromatic ring is 1. The van der Waals surface area contributed by atoms with Crippen molar-refractivity contribution in [3.8, 4) is 0 Å². The van der Waals surface area contributed by atoms with Crippen molar-refractivity contribution in [1.82, 2.24) is 19.5 Å². The van der Waals surface area contributed by atoms with Crippen molar-refractivity contribution in [2.45, 2.75) is 49.4 Å². The van der Waals surface area contributed by atoms with Gasteiger partial charge in [-0.3, -0.25) is 4.57 Å². The molecule has 1 fully saturated rings. The van der Waals surface area contributed by atoms with Gasteiger partial charge in [-0.2, -0.15) is 14.7 Å². The fraction of sp³-hybridized carbons (Fsp3) is 0.625. The van der Waals surface area contributed by atoms with Gasteiger partial charge in [0.2, 0.25) is 0 Å². The summed E-state index contributed by atoms with van der Waals surface area (Å²) in [5.74, 6) is -2.42. The molecule has 1 saturated heterocycles. The molecule has 0 radical (unpaired) electrons. The molecule has 178 valence electrons. The Balaban J connectivity index is 1.80. The Morgan fingerprint density at radius 3 is 2.66 bits per heavy atom. The molecule has 5 atom stereocenters. The standard InChI is InChI=1S/C16H25N5O9PS/c1-3-28-14(24)15(31(25,26)27)29-5-7-9(22)10(23)13(30-7)21-6-18-8-11(17)19-16(32-4-2)20-12(8)21/h6-7,9-10,13,15,22-23,25-27H,3-5H2,1-2H3,(H2,17,19,20)/q+1/t7-,9-,10-,13-,15+/m1/s1. The zero-order chi connectivity index (χ0) is 23.6. The lowest BCUT2D eigenvalue weighted by molar-refractivity contribution is -0.155. The maximum atomic E-state index is 11.9. The van der Waals surface area contributed by atoms with Gasteiger partial charge >= 0.3 is 19.8 Å². The smallest absolute Gasteiger partial charge is 0.447 e. The fourth-order valence-electron chi connectivity index (χ4n) is 3.10. The molecule has 2 aromatic heterocycles. The summed E-state index contributed by atoms with van der Waals surface area (Å²) in [6, 6.07) is 0. The van der Waals surface area contributed by atoms with Crippen LogP contribution < -0.4 is 5.73 Å². The normalized spacial score (nSPS) is 24.7. The first-order valence-corrected chi connectivity index (χ1v) is 12.3. The molecule has 1 aliphatic heterocycles. The van der Waals surface area contributed by atoms with E-state index in [1.54, 1.807) is 0 Å². The Bertz CT molecular complexity index is 958. The minimum atomic E-state index is -4.76. The second-order valence-corrected chi connectivity index (χ2v) is 9.68. The highest BCUT2D eigenvalue weighted by molar-refractivity contribution is 7.99. The van der Waals surface area contributed by atoms with Crippen molar-refractivity contribution < 1.29 is 43.9 Å². The van der Waals surface area contributed by atoms with E-state index in [1.165, 1.54) is 29.6 Å². The molecule has 0 saturated carbocycles. The zero-order valence-electron chi connectivity index (χ0n) is 17.2. The number of thioether (sulfide) groups is 1. The highest BCUT2D eigenvalue weighted by Gasteiger charge is 2.53. The number of anilines is 1. The van der Waals surface area contributed by atoms with E-state index in [2.05, 4.69) is 19.7 Å². The molecule has 0 aromatic carbocycles. The SMILES string of the molecule is CCOC(=O)[C@@H](OC[C@H]1O[C@@H](n2cnc3c(N)nc(SCC)nc32)[C@H](O)[C@@H]1O)[P+](O)(O)O. The first kappa shape index (κ1) is 25.0. The number of imidazole rings is 1. The van der Waals surface area contributed by atoms with Crippen LogP contribution in [0.5, 0.6) is 0 Å². The molecule has 0 amide bonds. The van der Waals surface area contributed by atoms with Gasteiger partial charge in [-0.05, 0) is 12.7 Å². The molecular weight excluding hydrogens is 469 g/mol. The van der Waals surface area contributed by atoms with E-state index in [4.69, 9.17) is 15.2 Å². The van der Waals surface area contributed by atoms with E-state index in [1.807, 2.05) is 6.92 Å².